The number of carboxylic acids is 1. The van der Waals surface area contributed by atoms with E-state index in [-0.39, 0.29) is 5.92 Å². The highest BCUT2D eigenvalue weighted by atomic mass is 16.4. The highest BCUT2D eigenvalue weighted by molar-refractivity contribution is 5.72. The van der Waals surface area contributed by atoms with E-state index in [2.05, 4.69) is 0 Å². The van der Waals surface area contributed by atoms with Gasteiger partial charge in [-0.25, -0.2) is 0 Å². The lowest BCUT2D eigenvalue weighted by Crippen LogP contribution is -2.46. The molecule has 3 heteroatoms. The van der Waals surface area contributed by atoms with Crippen LogP contribution in [0.15, 0.2) is 0 Å². The van der Waals surface area contributed by atoms with Crippen molar-refractivity contribution >= 4 is 5.97 Å². The van der Waals surface area contributed by atoms with E-state index in [9.17, 15) is 4.79 Å². The van der Waals surface area contributed by atoms with Crippen LogP contribution >= 0.6 is 0 Å². The molecule has 3 N–H and O–H groups in total. The van der Waals surface area contributed by atoms with Gasteiger partial charge in [-0.3, -0.25) is 4.79 Å². The molecule has 1 saturated carbocycles. The van der Waals surface area contributed by atoms with E-state index >= 15 is 0 Å². The Labute approximate surface area is 66.6 Å². The van der Waals surface area contributed by atoms with Gasteiger partial charge in [0, 0.05) is 5.54 Å². The van der Waals surface area contributed by atoms with Gasteiger partial charge in [0.15, 0.2) is 0 Å². The van der Waals surface area contributed by atoms with Gasteiger partial charge in [0.25, 0.3) is 0 Å². The zero-order valence-electron chi connectivity index (χ0n) is 7.00. The molecule has 0 aromatic heterocycles. The molecule has 11 heavy (non-hydrogen) atoms. The molecule has 1 aliphatic rings. The summed E-state index contributed by atoms with van der Waals surface area (Å²) in [7, 11) is 0. The average Bonchev–Trinajstić information content (AvgIpc) is 2.42. The summed E-state index contributed by atoms with van der Waals surface area (Å²) in [6.45, 7) is 3.56. The summed E-state index contributed by atoms with van der Waals surface area (Å²) in [5.74, 6) is -0.782. The Morgan fingerprint density at radius 2 is 2.09 bits per heavy atom. The highest BCUT2D eigenvalue weighted by Crippen LogP contribution is 2.41. The van der Waals surface area contributed by atoms with Gasteiger partial charge in [-0.05, 0) is 32.6 Å². The minimum absolute atomic E-state index is 0.326. The fourth-order valence-electron chi connectivity index (χ4n) is 1.56. The normalized spacial score (nSPS) is 21.4. The van der Waals surface area contributed by atoms with Crippen LogP contribution in [0.25, 0.3) is 0 Å². The smallest absolute Gasteiger partial charge is 0.308 e. The topological polar surface area (TPSA) is 63.3 Å². The Hall–Kier alpha value is -0.570. The standard InChI is InChI=1S/C8H15NO2/c1-8(2,9)6(7(10)11)5-3-4-5/h5-6H,3-4,9H2,1-2H3,(H,10,11). The van der Waals surface area contributed by atoms with E-state index in [1.54, 1.807) is 13.8 Å². The molecule has 3 nitrogen and oxygen atoms in total. The van der Waals surface area contributed by atoms with Crippen LogP contribution in [0.4, 0.5) is 0 Å². The van der Waals surface area contributed by atoms with Crippen molar-refractivity contribution < 1.29 is 9.90 Å². The predicted molar refractivity (Wildman–Crippen MR) is 42.1 cm³/mol. The van der Waals surface area contributed by atoms with Crippen LogP contribution < -0.4 is 5.73 Å². The summed E-state index contributed by atoms with van der Waals surface area (Å²) in [5, 5.41) is 8.84. The van der Waals surface area contributed by atoms with Crippen LogP contribution in [-0.2, 0) is 4.79 Å². The number of aliphatic carboxylic acids is 1. The van der Waals surface area contributed by atoms with Gasteiger partial charge in [0.05, 0.1) is 5.92 Å². The van der Waals surface area contributed by atoms with E-state index in [4.69, 9.17) is 10.8 Å². The highest BCUT2D eigenvalue weighted by Gasteiger charge is 2.43. The second-order valence-corrected chi connectivity index (χ2v) is 3.97. The molecule has 0 amide bonds. The van der Waals surface area contributed by atoms with Gasteiger partial charge in [-0.15, -0.1) is 0 Å². The molecule has 64 valence electrons. The molecule has 1 rings (SSSR count). The third kappa shape index (κ3) is 1.93. The molecule has 1 unspecified atom stereocenters. The first-order valence-corrected chi connectivity index (χ1v) is 3.94. The molecule has 0 aromatic carbocycles. The van der Waals surface area contributed by atoms with Crippen molar-refractivity contribution in [3.05, 3.63) is 0 Å². The number of hydrogen-bond donors (Lipinski definition) is 2. The molecule has 1 fully saturated rings. The van der Waals surface area contributed by atoms with Gasteiger partial charge in [-0.2, -0.15) is 0 Å². The molecule has 1 aliphatic carbocycles. The first-order valence-electron chi connectivity index (χ1n) is 3.94. The van der Waals surface area contributed by atoms with E-state index in [1.165, 1.54) is 0 Å². The summed E-state index contributed by atoms with van der Waals surface area (Å²) in [4.78, 5) is 10.7. The summed E-state index contributed by atoms with van der Waals surface area (Å²) >= 11 is 0. The molecule has 0 radical (unpaired) electrons. The molecule has 0 bridgehead atoms. The second-order valence-electron chi connectivity index (χ2n) is 3.97. The Morgan fingerprint density at radius 1 is 1.64 bits per heavy atom. The molecule has 0 aromatic rings. The van der Waals surface area contributed by atoms with Crippen LogP contribution in [0.2, 0.25) is 0 Å². The number of carboxylic acid groups (broad SMARTS) is 1. The van der Waals surface area contributed by atoms with Gasteiger partial charge in [-0.1, -0.05) is 0 Å². The van der Waals surface area contributed by atoms with Crippen molar-refractivity contribution in [2.24, 2.45) is 17.6 Å². The van der Waals surface area contributed by atoms with Gasteiger partial charge in [0.2, 0.25) is 0 Å². The van der Waals surface area contributed by atoms with Gasteiger partial charge in [0.1, 0.15) is 0 Å². The largest absolute Gasteiger partial charge is 0.481 e. The van der Waals surface area contributed by atoms with Gasteiger partial charge >= 0.3 is 5.97 Å². The monoisotopic (exact) mass is 157 g/mol. The number of nitrogens with two attached hydrogens (primary N) is 1. The Kier molecular flexibility index (Phi) is 1.92. The number of hydrogen-bond acceptors (Lipinski definition) is 2. The zero-order valence-corrected chi connectivity index (χ0v) is 7.00. The van der Waals surface area contributed by atoms with E-state index in [1.807, 2.05) is 0 Å². The lowest BCUT2D eigenvalue weighted by atomic mass is 9.85. The number of carbonyl (C=O) groups is 1. The minimum Gasteiger partial charge on any atom is -0.481 e. The summed E-state index contributed by atoms with van der Waals surface area (Å²) in [5.41, 5.74) is 5.16. The Morgan fingerprint density at radius 3 is 2.18 bits per heavy atom. The lowest BCUT2D eigenvalue weighted by molar-refractivity contribution is -0.144. The maximum Gasteiger partial charge on any atom is 0.308 e. The Balaban J connectivity index is 2.66. The maximum absolute atomic E-state index is 10.7. The molecule has 1 atom stereocenters. The average molecular weight is 157 g/mol. The molecular formula is C8H15NO2. The van der Waals surface area contributed by atoms with Crippen molar-refractivity contribution in [3.63, 3.8) is 0 Å². The van der Waals surface area contributed by atoms with Crippen molar-refractivity contribution in [2.75, 3.05) is 0 Å². The fourth-order valence-corrected chi connectivity index (χ4v) is 1.56. The van der Waals surface area contributed by atoms with E-state index in [0.29, 0.717) is 5.92 Å². The summed E-state index contributed by atoms with van der Waals surface area (Å²) in [6, 6.07) is 0. The van der Waals surface area contributed by atoms with Crippen LogP contribution in [0, 0.1) is 11.8 Å². The maximum atomic E-state index is 10.7. The first-order chi connectivity index (χ1) is 4.93. The molecular weight excluding hydrogens is 142 g/mol. The van der Waals surface area contributed by atoms with Crippen LogP contribution in [0.3, 0.4) is 0 Å². The van der Waals surface area contributed by atoms with Crippen molar-refractivity contribution in [3.8, 4) is 0 Å². The third-order valence-corrected chi connectivity index (χ3v) is 2.16. The lowest BCUT2D eigenvalue weighted by Gasteiger charge is -2.26. The predicted octanol–water partition coefficient (Wildman–Crippen LogP) is 0.834. The second kappa shape index (κ2) is 2.48. The van der Waals surface area contributed by atoms with Crippen molar-refractivity contribution in [1.82, 2.24) is 0 Å². The fraction of sp³-hybridized carbons (Fsp3) is 0.875. The summed E-state index contributed by atoms with van der Waals surface area (Å²) in [6.07, 6.45) is 2.05. The minimum atomic E-state index is -0.750. The van der Waals surface area contributed by atoms with Crippen LogP contribution in [0.5, 0.6) is 0 Å². The SMILES string of the molecule is CC(C)(N)C(C(=O)O)C1CC1. The quantitative estimate of drug-likeness (QED) is 0.638. The van der Waals surface area contributed by atoms with Crippen LogP contribution in [0.1, 0.15) is 26.7 Å². The summed E-state index contributed by atoms with van der Waals surface area (Å²) < 4.78 is 0. The van der Waals surface area contributed by atoms with Crippen molar-refractivity contribution in [1.29, 1.82) is 0 Å². The van der Waals surface area contributed by atoms with Crippen LogP contribution in [-0.4, -0.2) is 16.6 Å². The van der Waals surface area contributed by atoms with Gasteiger partial charge < -0.3 is 10.8 Å². The first kappa shape index (κ1) is 8.53. The van der Waals surface area contributed by atoms with Crippen molar-refractivity contribution in [2.45, 2.75) is 32.2 Å². The molecule has 0 spiro atoms. The Bertz CT molecular complexity index is 167. The third-order valence-electron chi connectivity index (χ3n) is 2.16. The molecule has 0 saturated heterocycles. The number of rotatable bonds is 3. The zero-order chi connectivity index (χ0) is 8.65. The molecule has 0 aliphatic heterocycles. The molecule has 0 heterocycles. The van der Waals surface area contributed by atoms with E-state index < -0.39 is 11.5 Å². The van der Waals surface area contributed by atoms with E-state index in [0.717, 1.165) is 12.8 Å².